The summed E-state index contributed by atoms with van der Waals surface area (Å²) >= 11 is 3.36. The van der Waals surface area contributed by atoms with E-state index >= 15 is 52.7 Å². The van der Waals surface area contributed by atoms with E-state index in [1.54, 1.807) is 0 Å². The molecule has 2 nitrogen and oxygen atoms in total. The van der Waals surface area contributed by atoms with Gasteiger partial charge in [-0.25, -0.2) is 0 Å². The summed E-state index contributed by atoms with van der Waals surface area (Å²) in [4.78, 5) is 26.6. The van der Waals surface area contributed by atoms with Crippen LogP contribution in [0.4, 0.5) is 220 Å². The zero-order chi connectivity index (χ0) is 74.6. The van der Waals surface area contributed by atoms with Gasteiger partial charge in [0.25, 0.3) is 0 Å². The molecule has 0 aromatic heterocycles. The van der Waals surface area contributed by atoms with Gasteiger partial charge < -0.3 is 0 Å². The molecule has 1 aliphatic rings. The van der Waals surface area contributed by atoms with Gasteiger partial charge in [0.2, 0.25) is 0 Å². The second-order valence-electron chi connectivity index (χ2n) is 18.0. The highest BCUT2D eigenvalue weighted by Crippen LogP contribution is 2.72. The average Bonchev–Trinajstić information content (AvgIpc) is 0.689. The molecule has 0 saturated heterocycles. The van der Waals surface area contributed by atoms with Crippen molar-refractivity contribution in [2.75, 3.05) is 0 Å². The molecule has 1 aliphatic carbocycles. The van der Waals surface area contributed by atoms with Crippen LogP contribution in [0.15, 0.2) is 28.7 Å². The van der Waals surface area contributed by atoms with Crippen LogP contribution in [-0.2, 0) is 11.8 Å². The molecule has 0 spiro atoms. The van der Waals surface area contributed by atoms with Crippen molar-refractivity contribution in [3.05, 3.63) is 65.7 Å². The van der Waals surface area contributed by atoms with Gasteiger partial charge in [-0.2, -0.15) is 220 Å². The van der Waals surface area contributed by atoms with E-state index in [-0.39, 0.29) is 12.1 Å². The van der Waals surface area contributed by atoms with Crippen molar-refractivity contribution in [2.24, 2.45) is 0 Å². The summed E-state index contributed by atoms with van der Waals surface area (Å²) < 4.78 is 713. The topological polar surface area (TPSA) is 34.1 Å². The first-order valence-corrected chi connectivity index (χ1v) is 22.4. The fourth-order valence-electron chi connectivity index (χ4n) is 6.95. The monoisotopic (exact) mass is 1650 g/mol. The Hall–Kier alpha value is -4.51. The first-order chi connectivity index (χ1) is 39.3. The van der Waals surface area contributed by atoms with Crippen LogP contribution in [-0.4, -0.2) is 142 Å². The minimum atomic E-state index is -10.5. The largest absolute Gasteiger partial charge is 0.460 e. The SMILES string of the molecule is O=C1c2cc(Br)c(I)cc2C(=O)c2cc(C(F)(F)C(F)(F)C(F)(F)C(F)(F)C(F)(F)C(F)(F)C(F)(F)C(F)(F)C(F)(F)C(F)(F)C(F)(F)C(F)(F)F)c(C(F)(F)C(F)(F)C(F)(F)C(F)(F)C(F)(F)C(F)(F)C(F)(F)C(F)(F)C(F)(F)C(F)(F)C(F)(F)C(F)(F)F)cc21. The van der Waals surface area contributed by atoms with Crippen molar-refractivity contribution in [1.82, 2.24) is 0 Å². The van der Waals surface area contributed by atoms with Crippen molar-refractivity contribution in [3.63, 3.8) is 0 Å². The number of hydrogen-bond acceptors (Lipinski definition) is 2. The van der Waals surface area contributed by atoms with E-state index in [2.05, 4.69) is 15.9 Å². The van der Waals surface area contributed by atoms with Crippen molar-refractivity contribution >= 4 is 50.1 Å². The summed E-state index contributed by atoms with van der Waals surface area (Å²) in [5.74, 6) is -227. The average molecular weight is 1650 g/mol. The number of halogens is 52. The number of benzene rings is 2. The van der Waals surface area contributed by atoms with E-state index in [9.17, 15) is 176 Å². The maximum absolute atomic E-state index is 16.1. The van der Waals surface area contributed by atoms with Gasteiger partial charge in [0, 0.05) is 41.4 Å². The lowest BCUT2D eigenvalue weighted by Gasteiger charge is -2.46. The Labute approximate surface area is 487 Å². The van der Waals surface area contributed by atoms with E-state index in [1.165, 1.54) is 0 Å². The van der Waals surface area contributed by atoms with Crippen molar-refractivity contribution < 1.29 is 229 Å². The van der Waals surface area contributed by atoms with Crippen LogP contribution in [0.5, 0.6) is 0 Å². The van der Waals surface area contributed by atoms with Gasteiger partial charge in [-0.15, -0.1) is 0 Å². The predicted octanol–water partition coefficient (Wildman–Crippen LogP) is 19.8. The number of fused-ring (bicyclic) bond motifs is 2. The smallest absolute Gasteiger partial charge is 0.289 e. The third-order valence-corrected chi connectivity index (χ3v) is 14.8. The van der Waals surface area contributed by atoms with Crippen LogP contribution in [0, 0.1) is 3.57 Å². The molecule has 0 heterocycles. The lowest BCUT2D eigenvalue weighted by molar-refractivity contribution is -0.483. The summed E-state index contributed by atoms with van der Waals surface area (Å²) in [5.41, 5.74) is -20.3. The van der Waals surface area contributed by atoms with E-state index in [4.69, 9.17) is 0 Å². The molecule has 0 radical (unpaired) electrons. The zero-order valence-electron chi connectivity index (χ0n) is 39.8. The number of carbonyl (C=O) groups excluding carboxylic acids is 2. The van der Waals surface area contributed by atoms with Crippen LogP contribution in [0.3, 0.4) is 0 Å². The molecule has 92 heavy (non-hydrogen) atoms. The first kappa shape index (κ1) is 81.7. The number of carbonyl (C=O) groups is 2. The molecule has 54 heteroatoms. The maximum Gasteiger partial charge on any atom is 0.460 e. The number of hydrogen-bond donors (Lipinski definition) is 0. The molecule has 0 atom stereocenters. The van der Waals surface area contributed by atoms with Crippen molar-refractivity contribution in [3.8, 4) is 0 Å². The molecular weight excluding hydrogens is 1650 g/mol. The highest BCUT2D eigenvalue weighted by atomic mass is 127. The Bertz CT molecular complexity index is 3020. The third-order valence-electron chi connectivity index (χ3n) is 12.5. The molecule has 0 aliphatic heterocycles. The molecule has 2 aromatic rings. The standard InChI is InChI=1S/C38H4BrF50IO2/c39-11-3-7-8(4-12(11)90)14(92)6-2-10(16(42,43)18(46,47)20(50,51)22(54,55)24(58,59)26(62,63)28(66,67)30(70,71)32(74,75)34(78,79)36(82,83)38(87,88)89)9(1-5(6)13(7)91)15(40,41)17(44,45)19(48,49)21(52,53)23(56,57)25(60,61)27(64,65)29(68,69)31(72,73)33(76,77)35(80,81)37(84,85)86/h1-4H. The maximum atomic E-state index is 16.1. The van der Waals surface area contributed by atoms with Crippen molar-refractivity contribution in [1.29, 1.82) is 0 Å². The Morgan fingerprint density at radius 1 is 0.217 bits per heavy atom. The van der Waals surface area contributed by atoms with E-state index in [0.717, 1.165) is 22.6 Å². The zero-order valence-corrected chi connectivity index (χ0v) is 43.5. The van der Waals surface area contributed by atoms with Crippen LogP contribution in [0.25, 0.3) is 0 Å². The highest BCUT2D eigenvalue weighted by Gasteiger charge is 3.02. The summed E-state index contributed by atoms with van der Waals surface area (Å²) in [5, 5.41) is 0. The first-order valence-electron chi connectivity index (χ1n) is 20.5. The Kier molecular flexibility index (Phi) is 18.7. The molecule has 0 amide bonds. The molecule has 0 bridgehead atoms. The van der Waals surface area contributed by atoms with E-state index in [0.29, 0.717) is 0 Å². The quantitative estimate of drug-likeness (QED) is 0.0742. The van der Waals surface area contributed by atoms with Crippen LogP contribution in [0.2, 0.25) is 0 Å². The Morgan fingerprint density at radius 3 is 0.533 bits per heavy atom. The minimum Gasteiger partial charge on any atom is -0.289 e. The van der Waals surface area contributed by atoms with Gasteiger partial charge in [0.15, 0.2) is 11.6 Å². The van der Waals surface area contributed by atoms with Gasteiger partial charge in [0.05, 0.1) is 0 Å². The molecule has 0 unspecified atom stereocenters. The van der Waals surface area contributed by atoms with Crippen LogP contribution < -0.4 is 0 Å². The predicted molar refractivity (Wildman–Crippen MR) is 199 cm³/mol. The fourth-order valence-corrected chi connectivity index (χ4v) is 7.76. The van der Waals surface area contributed by atoms with E-state index in [1.807, 2.05) is 0 Å². The van der Waals surface area contributed by atoms with Crippen LogP contribution in [0.1, 0.15) is 43.0 Å². The fraction of sp³-hybridized carbons (Fsp3) is 0.632. The summed E-state index contributed by atoms with van der Waals surface area (Å²) in [6.45, 7) is 0. The summed E-state index contributed by atoms with van der Waals surface area (Å²) in [6, 6.07) is -4.65. The molecular formula is C38H4BrF50IO2. The van der Waals surface area contributed by atoms with Gasteiger partial charge >= 0.3 is 143 Å². The van der Waals surface area contributed by atoms with E-state index < -0.39 is 208 Å². The van der Waals surface area contributed by atoms with Crippen LogP contribution >= 0.6 is 38.5 Å². The summed E-state index contributed by atoms with van der Waals surface area (Å²) in [7, 11) is 0. The summed E-state index contributed by atoms with van der Waals surface area (Å²) in [6.07, 6.45) is -17.2. The second-order valence-corrected chi connectivity index (χ2v) is 20.1. The molecule has 0 saturated carbocycles. The molecule has 2 aromatic carbocycles. The molecule has 532 valence electrons. The number of alkyl halides is 50. The highest BCUT2D eigenvalue weighted by molar-refractivity contribution is 14.1. The number of rotatable bonds is 22. The third kappa shape index (κ3) is 9.50. The lowest BCUT2D eigenvalue weighted by atomic mass is 9.77. The second kappa shape index (κ2) is 21.0. The Morgan fingerprint density at radius 2 is 0.359 bits per heavy atom. The van der Waals surface area contributed by atoms with Gasteiger partial charge in [-0.1, -0.05) is 0 Å². The van der Waals surface area contributed by atoms with Crippen molar-refractivity contribution in [2.45, 2.75) is 143 Å². The van der Waals surface area contributed by atoms with Gasteiger partial charge in [0.1, 0.15) is 0 Å². The lowest BCUT2D eigenvalue weighted by Crippen LogP contribution is -2.78. The molecule has 0 N–H and O–H groups in total. The normalized spacial score (nSPS) is 17.0. The Balaban J connectivity index is 2.59. The molecule has 3 rings (SSSR count). The minimum absolute atomic E-state index is 0.0426. The van der Waals surface area contributed by atoms with Gasteiger partial charge in [-0.05, 0) is 62.8 Å². The van der Waals surface area contributed by atoms with Gasteiger partial charge in [-0.3, -0.25) is 9.59 Å². The molecule has 0 fully saturated rings. The number of ketones is 2.